The third kappa shape index (κ3) is 6.16. The Morgan fingerprint density at radius 2 is 2.00 bits per heavy atom. The van der Waals surface area contributed by atoms with Gasteiger partial charge in [-0.25, -0.2) is 4.79 Å². The molecule has 1 aromatic rings. The van der Waals surface area contributed by atoms with Gasteiger partial charge in [-0.1, -0.05) is 29.8 Å². The van der Waals surface area contributed by atoms with Gasteiger partial charge in [-0.15, -0.1) is 0 Å². The second kappa shape index (κ2) is 10.6. The third-order valence-corrected chi connectivity index (χ3v) is 5.50. The zero-order valence-corrected chi connectivity index (χ0v) is 17.1. The number of amides is 4. The fourth-order valence-corrected chi connectivity index (χ4v) is 3.63. The summed E-state index contributed by atoms with van der Waals surface area (Å²) in [7, 11) is 0. The lowest BCUT2D eigenvalue weighted by Crippen LogP contribution is -2.38. The summed E-state index contributed by atoms with van der Waals surface area (Å²) in [5.74, 6) is -0.436. The van der Waals surface area contributed by atoms with Crippen LogP contribution in [-0.2, 0) is 20.9 Å². The highest BCUT2D eigenvalue weighted by Gasteiger charge is 2.38. The van der Waals surface area contributed by atoms with Crippen molar-refractivity contribution < 1.29 is 19.1 Å². The van der Waals surface area contributed by atoms with Crippen LogP contribution < -0.4 is 10.6 Å². The van der Waals surface area contributed by atoms with Gasteiger partial charge in [0.1, 0.15) is 6.04 Å². The molecule has 0 aliphatic carbocycles. The molecule has 0 unspecified atom stereocenters. The first-order valence-electron chi connectivity index (χ1n) is 9.96. The van der Waals surface area contributed by atoms with Crippen molar-refractivity contribution in [2.75, 3.05) is 39.4 Å². The van der Waals surface area contributed by atoms with Gasteiger partial charge in [0.25, 0.3) is 5.91 Å². The second-order valence-electron chi connectivity index (χ2n) is 7.21. The van der Waals surface area contributed by atoms with Gasteiger partial charge >= 0.3 is 6.03 Å². The molecule has 1 atom stereocenters. The van der Waals surface area contributed by atoms with Gasteiger partial charge in [0.15, 0.2) is 0 Å². The number of benzene rings is 1. The maximum absolute atomic E-state index is 12.5. The number of halogens is 1. The molecule has 0 bridgehead atoms. The van der Waals surface area contributed by atoms with Crippen LogP contribution in [0.25, 0.3) is 0 Å². The van der Waals surface area contributed by atoms with Crippen LogP contribution in [0.1, 0.15) is 24.8 Å². The van der Waals surface area contributed by atoms with Crippen molar-refractivity contribution in [1.29, 1.82) is 0 Å². The largest absolute Gasteiger partial charge is 0.379 e. The molecular formula is C20H27ClN4O4. The number of imide groups is 1. The van der Waals surface area contributed by atoms with Crippen LogP contribution in [0.4, 0.5) is 4.79 Å². The molecule has 0 radical (unpaired) electrons. The quantitative estimate of drug-likeness (QED) is 0.463. The first-order valence-corrected chi connectivity index (χ1v) is 10.3. The molecule has 2 aliphatic heterocycles. The highest BCUT2D eigenvalue weighted by atomic mass is 35.5. The average molecular weight is 423 g/mol. The molecule has 3 rings (SSSR count). The topological polar surface area (TPSA) is 91.0 Å². The summed E-state index contributed by atoms with van der Waals surface area (Å²) >= 11 is 6.12. The smallest absolute Gasteiger partial charge is 0.325 e. The highest BCUT2D eigenvalue weighted by molar-refractivity contribution is 6.31. The van der Waals surface area contributed by atoms with Crippen LogP contribution in [0.15, 0.2) is 24.3 Å². The molecule has 2 fully saturated rings. The minimum atomic E-state index is -0.677. The third-order valence-electron chi connectivity index (χ3n) is 5.13. The van der Waals surface area contributed by atoms with Crippen molar-refractivity contribution in [2.45, 2.75) is 31.8 Å². The molecule has 0 saturated carbocycles. The van der Waals surface area contributed by atoms with E-state index >= 15 is 0 Å². The Bertz CT molecular complexity index is 739. The predicted octanol–water partition coefficient (Wildman–Crippen LogP) is 1.38. The number of ether oxygens (including phenoxy) is 1. The van der Waals surface area contributed by atoms with E-state index in [1.165, 1.54) is 0 Å². The normalized spacial score (nSPS) is 20.0. The lowest BCUT2D eigenvalue weighted by atomic mass is 10.1. The fraction of sp³-hybridized carbons (Fsp3) is 0.550. The van der Waals surface area contributed by atoms with Gasteiger partial charge in [0.05, 0.1) is 19.8 Å². The van der Waals surface area contributed by atoms with E-state index in [0.717, 1.165) is 44.2 Å². The molecule has 2 aliphatic rings. The van der Waals surface area contributed by atoms with Crippen molar-refractivity contribution in [3.63, 3.8) is 0 Å². The standard InChI is InChI=1S/C20H27ClN4O4/c21-16-5-2-1-4-15(16)14-25-19(27)17(23-20(25)28)6-7-18(26)22-8-3-9-24-10-12-29-13-11-24/h1-2,4-5,17H,3,6-14H2,(H,22,26)(H,23,28)/t17-/m0/s1. The summed E-state index contributed by atoms with van der Waals surface area (Å²) in [6, 6.07) is 5.96. The van der Waals surface area contributed by atoms with Gasteiger partial charge in [-0.05, 0) is 31.0 Å². The van der Waals surface area contributed by atoms with Crippen molar-refractivity contribution in [1.82, 2.24) is 20.4 Å². The molecule has 8 nitrogen and oxygen atoms in total. The average Bonchev–Trinajstić information content (AvgIpc) is 2.99. The number of carbonyl (C=O) groups excluding carboxylic acids is 3. The van der Waals surface area contributed by atoms with Crippen LogP contribution in [-0.4, -0.2) is 73.1 Å². The van der Waals surface area contributed by atoms with E-state index in [1.807, 2.05) is 0 Å². The van der Waals surface area contributed by atoms with Gasteiger partial charge in [-0.2, -0.15) is 0 Å². The molecular weight excluding hydrogens is 396 g/mol. The Labute approximate surface area is 175 Å². The molecule has 29 heavy (non-hydrogen) atoms. The monoisotopic (exact) mass is 422 g/mol. The summed E-state index contributed by atoms with van der Waals surface area (Å²) in [6.45, 7) is 5.04. The van der Waals surface area contributed by atoms with Crippen LogP contribution in [0.5, 0.6) is 0 Å². The Balaban J connectivity index is 1.36. The Kier molecular flexibility index (Phi) is 7.85. The Morgan fingerprint density at radius 1 is 1.24 bits per heavy atom. The number of carbonyl (C=O) groups is 3. The first-order chi connectivity index (χ1) is 14.0. The summed E-state index contributed by atoms with van der Waals surface area (Å²) in [4.78, 5) is 40.2. The van der Waals surface area contributed by atoms with Crippen molar-refractivity contribution in [3.05, 3.63) is 34.9 Å². The number of morpholine rings is 1. The van der Waals surface area contributed by atoms with Gasteiger partial charge in [0.2, 0.25) is 5.91 Å². The summed E-state index contributed by atoms with van der Waals surface area (Å²) in [6.07, 6.45) is 1.34. The predicted molar refractivity (Wildman–Crippen MR) is 108 cm³/mol. The summed E-state index contributed by atoms with van der Waals surface area (Å²) in [5.41, 5.74) is 0.705. The molecule has 0 aromatic heterocycles. The Morgan fingerprint density at radius 3 is 2.76 bits per heavy atom. The van der Waals surface area contributed by atoms with Crippen LogP contribution in [0, 0.1) is 0 Å². The van der Waals surface area contributed by atoms with Gasteiger partial charge in [-0.3, -0.25) is 19.4 Å². The van der Waals surface area contributed by atoms with E-state index in [0.29, 0.717) is 17.1 Å². The summed E-state index contributed by atoms with van der Waals surface area (Å²) in [5, 5.41) is 6.04. The number of rotatable bonds is 9. The number of hydrogen-bond donors (Lipinski definition) is 2. The zero-order chi connectivity index (χ0) is 20.6. The Hall–Kier alpha value is -2.16. The SMILES string of the molecule is O=C(CC[C@@H]1NC(=O)N(Cc2ccccc2Cl)C1=O)NCCCN1CCOCC1. The van der Waals surface area contributed by atoms with Crippen LogP contribution in [0.2, 0.25) is 5.02 Å². The lowest BCUT2D eigenvalue weighted by Gasteiger charge is -2.26. The molecule has 1 aromatic carbocycles. The molecule has 2 N–H and O–H groups in total. The fourth-order valence-electron chi connectivity index (χ4n) is 3.44. The lowest BCUT2D eigenvalue weighted by molar-refractivity contribution is -0.128. The molecule has 2 heterocycles. The van der Waals surface area contributed by atoms with E-state index in [9.17, 15) is 14.4 Å². The van der Waals surface area contributed by atoms with Gasteiger partial charge in [0, 0.05) is 31.1 Å². The number of hydrogen-bond acceptors (Lipinski definition) is 5. The maximum atomic E-state index is 12.5. The first kappa shape index (κ1) is 21.5. The molecule has 4 amide bonds. The minimum Gasteiger partial charge on any atom is -0.379 e. The maximum Gasteiger partial charge on any atom is 0.325 e. The van der Waals surface area contributed by atoms with Crippen LogP contribution in [0.3, 0.4) is 0 Å². The molecule has 2 saturated heterocycles. The molecule has 0 spiro atoms. The molecule has 9 heteroatoms. The van der Waals surface area contributed by atoms with E-state index in [1.54, 1.807) is 24.3 Å². The zero-order valence-electron chi connectivity index (χ0n) is 16.4. The van der Waals surface area contributed by atoms with Gasteiger partial charge < -0.3 is 15.4 Å². The van der Waals surface area contributed by atoms with E-state index in [2.05, 4.69) is 15.5 Å². The minimum absolute atomic E-state index is 0.112. The van der Waals surface area contributed by atoms with Crippen molar-refractivity contribution in [3.8, 4) is 0 Å². The van der Waals surface area contributed by atoms with E-state index in [4.69, 9.17) is 16.3 Å². The highest BCUT2D eigenvalue weighted by Crippen LogP contribution is 2.20. The van der Waals surface area contributed by atoms with E-state index < -0.39 is 12.1 Å². The molecule has 158 valence electrons. The van der Waals surface area contributed by atoms with Crippen molar-refractivity contribution in [2.24, 2.45) is 0 Å². The van der Waals surface area contributed by atoms with Crippen molar-refractivity contribution >= 4 is 29.4 Å². The summed E-state index contributed by atoms with van der Waals surface area (Å²) < 4.78 is 5.31. The number of urea groups is 1. The number of nitrogens with one attached hydrogen (secondary N) is 2. The number of nitrogens with zero attached hydrogens (tertiary/aromatic N) is 2. The van der Waals surface area contributed by atoms with Crippen LogP contribution >= 0.6 is 11.6 Å². The second-order valence-corrected chi connectivity index (χ2v) is 7.62. The van der Waals surface area contributed by atoms with E-state index in [-0.39, 0.29) is 31.2 Å².